The number of hydrogen-bond donors (Lipinski definition) is 2. The fraction of sp³-hybridized carbons (Fsp3) is 0.368. The molecule has 0 amide bonds. The topological polar surface area (TPSA) is 55.7 Å². The third-order valence-electron chi connectivity index (χ3n) is 4.66. The molecule has 23 heavy (non-hydrogen) atoms. The average molecular weight is 307 g/mol. The summed E-state index contributed by atoms with van der Waals surface area (Å²) in [5.74, 6) is 1.10. The van der Waals surface area contributed by atoms with E-state index in [4.69, 9.17) is 0 Å². The molecular formula is C19H23N4+. The minimum Gasteiger partial charge on any atom is -0.303 e. The summed E-state index contributed by atoms with van der Waals surface area (Å²) in [4.78, 5) is 3.42. The predicted molar refractivity (Wildman–Crippen MR) is 93.7 cm³/mol. The molecule has 2 heterocycles. The number of aromatic amines is 1. The Balaban J connectivity index is 2.49. The fourth-order valence-corrected chi connectivity index (χ4v) is 3.18. The van der Waals surface area contributed by atoms with Crippen molar-refractivity contribution in [2.45, 2.75) is 46.6 Å². The first-order valence-corrected chi connectivity index (χ1v) is 8.26. The summed E-state index contributed by atoms with van der Waals surface area (Å²) in [6.45, 7) is 8.56. The van der Waals surface area contributed by atoms with E-state index in [0.29, 0.717) is 6.04 Å². The molecule has 0 aliphatic heterocycles. The number of pyridine rings is 1. The predicted octanol–water partition coefficient (Wildman–Crippen LogP) is 3.86. The van der Waals surface area contributed by atoms with E-state index < -0.39 is 0 Å². The van der Waals surface area contributed by atoms with Gasteiger partial charge in [-0.05, 0) is 44.4 Å². The number of benzene rings is 1. The van der Waals surface area contributed by atoms with Gasteiger partial charge in [0.25, 0.3) is 0 Å². The molecule has 0 aliphatic rings. The second-order valence-corrected chi connectivity index (χ2v) is 6.07. The molecule has 3 aromatic rings. The van der Waals surface area contributed by atoms with Gasteiger partial charge in [-0.15, -0.1) is 0 Å². The van der Waals surface area contributed by atoms with Crippen molar-refractivity contribution < 1.29 is 4.40 Å². The van der Waals surface area contributed by atoms with Crippen LogP contribution < -0.4 is 9.72 Å². The molecule has 1 unspecified atom stereocenters. The smallest absolute Gasteiger partial charge is 0.250 e. The second-order valence-electron chi connectivity index (χ2n) is 6.07. The lowest BCUT2D eigenvalue weighted by molar-refractivity contribution is -0.465. The van der Waals surface area contributed by atoms with Gasteiger partial charge < -0.3 is 5.32 Å². The van der Waals surface area contributed by atoms with E-state index in [1.165, 1.54) is 5.56 Å². The van der Waals surface area contributed by atoms with Crippen molar-refractivity contribution in [3.8, 4) is 6.07 Å². The summed E-state index contributed by atoms with van der Waals surface area (Å²) in [6.07, 6.45) is 1.94. The van der Waals surface area contributed by atoms with Gasteiger partial charge in [0.2, 0.25) is 11.5 Å². The van der Waals surface area contributed by atoms with Gasteiger partial charge >= 0.3 is 0 Å². The zero-order chi connectivity index (χ0) is 16.6. The standard InChI is InChI=1S/C19H22N4/c1-5-12(3)21-18-14(6-2)13(4)15(11-20)19-22-16-9-7-8-10-17(16)23(18)19/h7-10,12H,5-6H2,1-4H3,(H,21,22)/p+1. The molecule has 2 aromatic heterocycles. The van der Waals surface area contributed by atoms with Gasteiger partial charge in [-0.1, -0.05) is 26.0 Å². The van der Waals surface area contributed by atoms with Gasteiger partial charge in [0.05, 0.1) is 6.04 Å². The number of nitrogens with one attached hydrogen (secondary N) is 2. The number of imidazole rings is 1. The van der Waals surface area contributed by atoms with Crippen LogP contribution in [0.3, 0.4) is 0 Å². The van der Waals surface area contributed by atoms with E-state index in [2.05, 4.69) is 53.7 Å². The molecular weight excluding hydrogens is 284 g/mol. The lowest BCUT2D eigenvalue weighted by Crippen LogP contribution is -2.32. The molecule has 0 radical (unpaired) electrons. The van der Waals surface area contributed by atoms with Crippen molar-refractivity contribution in [1.29, 1.82) is 5.26 Å². The van der Waals surface area contributed by atoms with Crippen LogP contribution in [0.5, 0.6) is 0 Å². The minimum atomic E-state index is 0.372. The Labute approximate surface area is 136 Å². The number of nitrogens with zero attached hydrogens (tertiary/aromatic N) is 2. The highest BCUT2D eigenvalue weighted by molar-refractivity contribution is 5.78. The molecule has 0 spiro atoms. The first kappa shape index (κ1) is 15.4. The molecule has 4 heteroatoms. The maximum atomic E-state index is 9.68. The first-order chi connectivity index (χ1) is 11.1. The molecule has 0 bridgehead atoms. The van der Waals surface area contributed by atoms with Gasteiger partial charge in [-0.2, -0.15) is 9.66 Å². The molecule has 0 fully saturated rings. The third kappa shape index (κ3) is 2.33. The average Bonchev–Trinajstić information content (AvgIpc) is 2.94. The van der Waals surface area contributed by atoms with Gasteiger partial charge in [0, 0.05) is 5.56 Å². The van der Waals surface area contributed by atoms with Crippen LogP contribution in [0, 0.1) is 18.3 Å². The lowest BCUT2D eigenvalue weighted by Gasteiger charge is -2.15. The van der Waals surface area contributed by atoms with Crippen LogP contribution in [0.15, 0.2) is 24.3 Å². The summed E-state index contributed by atoms with van der Waals surface area (Å²) in [7, 11) is 0. The molecule has 0 aliphatic carbocycles. The Hall–Kier alpha value is -2.54. The van der Waals surface area contributed by atoms with Crippen LogP contribution in [0.1, 0.15) is 43.9 Å². The maximum Gasteiger partial charge on any atom is 0.250 e. The van der Waals surface area contributed by atoms with Crippen LogP contribution in [-0.4, -0.2) is 11.0 Å². The van der Waals surface area contributed by atoms with Crippen LogP contribution in [0.4, 0.5) is 5.82 Å². The van der Waals surface area contributed by atoms with Crippen molar-refractivity contribution in [3.63, 3.8) is 0 Å². The molecule has 3 rings (SSSR count). The Bertz CT molecular complexity index is 915. The van der Waals surface area contributed by atoms with E-state index in [9.17, 15) is 5.26 Å². The molecule has 1 aromatic carbocycles. The van der Waals surface area contributed by atoms with Gasteiger partial charge in [0.15, 0.2) is 0 Å². The van der Waals surface area contributed by atoms with E-state index >= 15 is 0 Å². The quantitative estimate of drug-likeness (QED) is 0.719. The van der Waals surface area contributed by atoms with Crippen molar-refractivity contribution >= 4 is 22.5 Å². The number of aromatic nitrogens is 2. The Kier molecular flexibility index (Phi) is 3.96. The highest BCUT2D eigenvalue weighted by atomic mass is 15.1. The summed E-state index contributed by atoms with van der Waals surface area (Å²) in [6, 6.07) is 11.0. The lowest BCUT2D eigenvalue weighted by atomic mass is 10.0. The van der Waals surface area contributed by atoms with Gasteiger partial charge in [0.1, 0.15) is 22.7 Å². The highest BCUT2D eigenvalue weighted by Crippen LogP contribution is 2.26. The van der Waals surface area contributed by atoms with Crippen molar-refractivity contribution in [3.05, 3.63) is 41.0 Å². The van der Waals surface area contributed by atoms with E-state index in [1.54, 1.807) is 0 Å². The zero-order valence-electron chi connectivity index (χ0n) is 14.2. The monoisotopic (exact) mass is 307 g/mol. The highest BCUT2D eigenvalue weighted by Gasteiger charge is 2.25. The number of fused-ring (bicyclic) bond motifs is 3. The molecule has 2 N–H and O–H groups in total. The maximum absolute atomic E-state index is 9.68. The zero-order valence-corrected chi connectivity index (χ0v) is 14.2. The number of nitriles is 1. The van der Waals surface area contributed by atoms with Crippen molar-refractivity contribution in [2.75, 3.05) is 5.32 Å². The Morgan fingerprint density at radius 1 is 1.30 bits per heavy atom. The number of rotatable bonds is 4. The molecule has 118 valence electrons. The molecule has 4 nitrogen and oxygen atoms in total. The van der Waals surface area contributed by atoms with Crippen LogP contribution in [0.2, 0.25) is 0 Å². The number of hydrogen-bond acceptors (Lipinski definition) is 2. The van der Waals surface area contributed by atoms with Gasteiger partial charge in [-0.25, -0.2) is 0 Å². The SMILES string of the molecule is CCc1c(C)c(C#N)c2[nH]c3ccccc3[n+]2c1NC(C)CC. The summed E-state index contributed by atoms with van der Waals surface area (Å²) < 4.78 is 2.17. The van der Waals surface area contributed by atoms with E-state index in [1.807, 2.05) is 19.1 Å². The van der Waals surface area contributed by atoms with Crippen molar-refractivity contribution in [1.82, 2.24) is 4.98 Å². The Morgan fingerprint density at radius 3 is 2.70 bits per heavy atom. The largest absolute Gasteiger partial charge is 0.303 e. The van der Waals surface area contributed by atoms with Crippen molar-refractivity contribution in [2.24, 2.45) is 0 Å². The normalized spacial score (nSPS) is 12.5. The van der Waals surface area contributed by atoms with Crippen LogP contribution in [-0.2, 0) is 6.42 Å². The first-order valence-electron chi connectivity index (χ1n) is 8.26. The number of anilines is 1. The Morgan fingerprint density at radius 2 is 2.04 bits per heavy atom. The molecule has 0 saturated heterocycles. The number of H-pyrrole nitrogens is 1. The molecule has 1 atom stereocenters. The fourth-order valence-electron chi connectivity index (χ4n) is 3.18. The van der Waals surface area contributed by atoms with Crippen LogP contribution in [0.25, 0.3) is 16.7 Å². The van der Waals surface area contributed by atoms with E-state index in [-0.39, 0.29) is 0 Å². The summed E-state index contributed by atoms with van der Waals surface area (Å²) >= 11 is 0. The second kappa shape index (κ2) is 5.92. The summed E-state index contributed by atoms with van der Waals surface area (Å²) in [5.41, 5.74) is 6.02. The van der Waals surface area contributed by atoms with Crippen LogP contribution >= 0.6 is 0 Å². The van der Waals surface area contributed by atoms with Gasteiger partial charge in [-0.3, -0.25) is 4.98 Å². The summed E-state index contributed by atoms with van der Waals surface area (Å²) in [5, 5.41) is 13.3. The number of para-hydroxylation sites is 2. The minimum absolute atomic E-state index is 0.372. The third-order valence-corrected chi connectivity index (χ3v) is 4.66. The van der Waals surface area contributed by atoms with E-state index in [0.717, 1.165) is 46.5 Å². The molecule has 0 saturated carbocycles.